The Bertz CT molecular complexity index is 286. The molecule has 1 saturated carbocycles. The zero-order valence-electron chi connectivity index (χ0n) is 9.62. The summed E-state index contributed by atoms with van der Waals surface area (Å²) in [5, 5.41) is 0.279. The third-order valence-corrected chi connectivity index (χ3v) is 4.67. The van der Waals surface area contributed by atoms with Crippen LogP contribution in [0.2, 0.25) is 0 Å². The third-order valence-electron chi connectivity index (χ3n) is 2.92. The van der Waals surface area contributed by atoms with Gasteiger partial charge in [-0.25, -0.2) is 13.1 Å². The highest BCUT2D eigenvalue weighted by Gasteiger charge is 2.21. The van der Waals surface area contributed by atoms with Crippen molar-refractivity contribution in [2.75, 3.05) is 26.0 Å². The molecule has 0 aromatic rings. The molecule has 0 bridgehead atoms. The van der Waals surface area contributed by atoms with Gasteiger partial charge >= 0.3 is 0 Å². The highest BCUT2D eigenvalue weighted by atomic mass is 35.5. The van der Waals surface area contributed by atoms with E-state index >= 15 is 0 Å². The first-order chi connectivity index (χ1) is 7.53. The van der Waals surface area contributed by atoms with Crippen LogP contribution in [-0.4, -0.2) is 39.8 Å². The van der Waals surface area contributed by atoms with Gasteiger partial charge in [-0.05, 0) is 31.6 Å². The lowest BCUT2D eigenvalue weighted by atomic mass is 9.89. The molecule has 0 saturated heterocycles. The number of ether oxygens (including phenoxy) is 1. The van der Waals surface area contributed by atoms with Gasteiger partial charge in [0.05, 0.1) is 12.4 Å². The molecule has 0 unspecified atom stereocenters. The molecule has 0 radical (unpaired) electrons. The van der Waals surface area contributed by atoms with E-state index in [0.29, 0.717) is 12.5 Å². The first kappa shape index (κ1) is 14.2. The molecule has 0 aliphatic heterocycles. The number of hydrogen-bond acceptors (Lipinski definition) is 3. The Balaban J connectivity index is 2.23. The maximum atomic E-state index is 11.5. The Hall–Kier alpha value is 0.160. The van der Waals surface area contributed by atoms with E-state index in [1.165, 1.54) is 7.11 Å². The molecular weight excluding hydrogens is 250 g/mol. The lowest BCUT2D eigenvalue weighted by molar-refractivity contribution is 0.216. The van der Waals surface area contributed by atoms with E-state index in [0.717, 1.165) is 25.7 Å². The molecule has 0 heterocycles. The van der Waals surface area contributed by atoms with Gasteiger partial charge < -0.3 is 4.74 Å². The van der Waals surface area contributed by atoms with Gasteiger partial charge in [0.25, 0.3) is 0 Å². The Morgan fingerprint density at radius 3 is 2.50 bits per heavy atom. The number of rotatable bonds is 6. The molecule has 0 amide bonds. The summed E-state index contributed by atoms with van der Waals surface area (Å²) in [6.07, 6.45) is 4.01. The lowest BCUT2D eigenvalue weighted by Gasteiger charge is -2.24. The monoisotopic (exact) mass is 269 g/mol. The van der Waals surface area contributed by atoms with Crippen molar-refractivity contribution < 1.29 is 13.2 Å². The Labute approximate surface area is 103 Å². The summed E-state index contributed by atoms with van der Waals surface area (Å²) < 4.78 is 30.3. The van der Waals surface area contributed by atoms with Crippen LogP contribution in [-0.2, 0) is 14.8 Å². The first-order valence-electron chi connectivity index (χ1n) is 5.64. The summed E-state index contributed by atoms with van der Waals surface area (Å²) in [6, 6.07) is 0. The SMILES string of the molecule is COCCS(=O)(=O)NCC1CCC(Cl)CC1. The maximum absolute atomic E-state index is 11.5. The molecule has 1 aliphatic rings. The quantitative estimate of drug-likeness (QED) is 0.741. The van der Waals surface area contributed by atoms with Gasteiger partial charge in [0, 0.05) is 19.0 Å². The van der Waals surface area contributed by atoms with Crippen molar-refractivity contribution in [3.05, 3.63) is 0 Å². The van der Waals surface area contributed by atoms with E-state index in [4.69, 9.17) is 16.3 Å². The van der Waals surface area contributed by atoms with Gasteiger partial charge in [-0.2, -0.15) is 0 Å². The van der Waals surface area contributed by atoms with Crippen molar-refractivity contribution >= 4 is 21.6 Å². The van der Waals surface area contributed by atoms with Gasteiger partial charge in [-0.1, -0.05) is 0 Å². The van der Waals surface area contributed by atoms with Gasteiger partial charge in [-0.3, -0.25) is 0 Å². The predicted molar refractivity (Wildman–Crippen MR) is 65.3 cm³/mol. The van der Waals surface area contributed by atoms with Crippen LogP contribution in [0.25, 0.3) is 0 Å². The Morgan fingerprint density at radius 1 is 1.31 bits per heavy atom. The molecule has 0 aromatic carbocycles. The van der Waals surface area contributed by atoms with Gasteiger partial charge in [-0.15, -0.1) is 11.6 Å². The predicted octanol–water partition coefficient (Wildman–Crippen LogP) is 1.35. The second-order valence-corrected chi connectivity index (χ2v) is 6.82. The van der Waals surface area contributed by atoms with Crippen molar-refractivity contribution in [1.29, 1.82) is 0 Å². The van der Waals surface area contributed by atoms with Crippen molar-refractivity contribution in [1.82, 2.24) is 4.72 Å². The third kappa shape index (κ3) is 5.48. The van der Waals surface area contributed by atoms with Gasteiger partial charge in [0.1, 0.15) is 0 Å². The standard InChI is InChI=1S/C10H20ClNO3S/c1-15-6-7-16(13,14)12-8-9-2-4-10(11)5-3-9/h9-10,12H,2-8H2,1H3. The summed E-state index contributed by atoms with van der Waals surface area (Å²) in [6.45, 7) is 0.777. The van der Waals surface area contributed by atoms with Gasteiger partial charge in [0.2, 0.25) is 10.0 Å². The van der Waals surface area contributed by atoms with Crippen LogP contribution in [0, 0.1) is 5.92 Å². The summed E-state index contributed by atoms with van der Waals surface area (Å²) in [5.74, 6) is 0.473. The van der Waals surface area contributed by atoms with Crippen LogP contribution in [0.1, 0.15) is 25.7 Å². The maximum Gasteiger partial charge on any atom is 0.213 e. The Morgan fingerprint density at radius 2 is 1.94 bits per heavy atom. The highest BCUT2D eigenvalue weighted by molar-refractivity contribution is 7.89. The van der Waals surface area contributed by atoms with E-state index in [-0.39, 0.29) is 17.7 Å². The van der Waals surface area contributed by atoms with E-state index in [9.17, 15) is 8.42 Å². The molecule has 0 atom stereocenters. The number of nitrogens with one attached hydrogen (secondary N) is 1. The average Bonchev–Trinajstić information content (AvgIpc) is 2.26. The number of methoxy groups -OCH3 is 1. The van der Waals surface area contributed by atoms with Crippen molar-refractivity contribution in [2.45, 2.75) is 31.1 Å². The highest BCUT2D eigenvalue weighted by Crippen LogP contribution is 2.27. The summed E-state index contributed by atoms with van der Waals surface area (Å²) in [5.41, 5.74) is 0. The Kier molecular flexibility index (Phi) is 6.03. The number of sulfonamides is 1. The fraction of sp³-hybridized carbons (Fsp3) is 1.00. The lowest BCUT2D eigenvalue weighted by Crippen LogP contribution is -2.34. The normalized spacial score (nSPS) is 26.9. The minimum absolute atomic E-state index is 0.0361. The summed E-state index contributed by atoms with van der Waals surface area (Å²) in [7, 11) is -1.67. The van der Waals surface area contributed by atoms with Crippen LogP contribution >= 0.6 is 11.6 Å². The van der Waals surface area contributed by atoms with E-state index < -0.39 is 10.0 Å². The van der Waals surface area contributed by atoms with Crippen LogP contribution < -0.4 is 4.72 Å². The zero-order chi connectivity index (χ0) is 12.0. The fourth-order valence-electron chi connectivity index (χ4n) is 1.84. The van der Waals surface area contributed by atoms with Crippen LogP contribution in [0.5, 0.6) is 0 Å². The second-order valence-electron chi connectivity index (χ2n) is 4.28. The van der Waals surface area contributed by atoms with Crippen LogP contribution in [0.4, 0.5) is 0 Å². The molecule has 4 nitrogen and oxygen atoms in total. The number of alkyl halides is 1. The van der Waals surface area contributed by atoms with Crippen molar-refractivity contribution in [3.63, 3.8) is 0 Å². The molecular formula is C10H20ClNO3S. The molecule has 1 rings (SSSR count). The molecule has 1 N–H and O–H groups in total. The average molecular weight is 270 g/mol. The molecule has 1 fully saturated rings. The first-order valence-corrected chi connectivity index (χ1v) is 7.72. The fourth-order valence-corrected chi connectivity index (χ4v) is 3.11. The molecule has 0 aromatic heterocycles. The van der Waals surface area contributed by atoms with Crippen LogP contribution in [0.3, 0.4) is 0 Å². The molecule has 16 heavy (non-hydrogen) atoms. The second kappa shape index (κ2) is 6.79. The molecule has 1 aliphatic carbocycles. The zero-order valence-corrected chi connectivity index (χ0v) is 11.2. The molecule has 96 valence electrons. The van der Waals surface area contributed by atoms with Crippen LogP contribution in [0.15, 0.2) is 0 Å². The van der Waals surface area contributed by atoms with Crippen molar-refractivity contribution in [3.8, 4) is 0 Å². The minimum Gasteiger partial charge on any atom is -0.384 e. The minimum atomic E-state index is -3.16. The smallest absolute Gasteiger partial charge is 0.213 e. The summed E-state index contributed by atoms with van der Waals surface area (Å²) in [4.78, 5) is 0. The number of halogens is 1. The van der Waals surface area contributed by atoms with E-state index in [1.807, 2.05) is 0 Å². The topological polar surface area (TPSA) is 55.4 Å². The molecule has 6 heteroatoms. The summed E-state index contributed by atoms with van der Waals surface area (Å²) >= 11 is 5.99. The van der Waals surface area contributed by atoms with E-state index in [2.05, 4.69) is 4.72 Å². The van der Waals surface area contributed by atoms with Gasteiger partial charge in [0.15, 0.2) is 0 Å². The largest absolute Gasteiger partial charge is 0.384 e. The number of hydrogen-bond donors (Lipinski definition) is 1. The molecule has 0 spiro atoms. The van der Waals surface area contributed by atoms with Crippen molar-refractivity contribution in [2.24, 2.45) is 5.92 Å². The van der Waals surface area contributed by atoms with E-state index in [1.54, 1.807) is 0 Å².